The van der Waals surface area contributed by atoms with Gasteiger partial charge in [0.05, 0.1) is 36.7 Å². The molecule has 12 nitrogen and oxygen atoms in total. The molecule has 0 radical (unpaired) electrons. The summed E-state index contributed by atoms with van der Waals surface area (Å²) in [6.07, 6.45) is 3.73. The molecule has 3 fully saturated rings. The van der Waals surface area contributed by atoms with Gasteiger partial charge in [-0.25, -0.2) is 13.9 Å². The van der Waals surface area contributed by atoms with Crippen molar-refractivity contribution in [2.24, 2.45) is 11.8 Å². The lowest BCUT2D eigenvalue weighted by atomic mass is 9.95. The Morgan fingerprint density at radius 3 is 2.65 bits per heavy atom. The van der Waals surface area contributed by atoms with Crippen LogP contribution < -0.4 is 4.90 Å². The second-order valence-corrected chi connectivity index (χ2v) is 10.1. The van der Waals surface area contributed by atoms with Crippen molar-refractivity contribution in [1.82, 2.24) is 24.9 Å². The molecular formula is C27H24FN7O5. The third-order valence-electron chi connectivity index (χ3n) is 7.82. The lowest BCUT2D eigenvalue weighted by Crippen LogP contribution is -2.37. The zero-order valence-electron chi connectivity index (χ0n) is 21.4. The molecule has 0 spiro atoms. The van der Waals surface area contributed by atoms with E-state index in [1.807, 2.05) is 0 Å². The van der Waals surface area contributed by atoms with Gasteiger partial charge in [0.1, 0.15) is 17.3 Å². The number of nitriles is 1. The number of cyclic esters (lactones) is 1. The van der Waals surface area contributed by atoms with Gasteiger partial charge >= 0.3 is 12.1 Å². The molecule has 0 unspecified atom stereocenters. The minimum absolute atomic E-state index is 0.0678. The van der Waals surface area contributed by atoms with Crippen LogP contribution in [0.2, 0.25) is 0 Å². The average molecular weight is 546 g/mol. The minimum Gasteiger partial charge on any atom is -0.456 e. The van der Waals surface area contributed by atoms with Crippen LogP contribution in [0.3, 0.4) is 0 Å². The van der Waals surface area contributed by atoms with Crippen LogP contribution in [0.1, 0.15) is 12.6 Å². The molecule has 0 N–H and O–H groups in total. The van der Waals surface area contributed by atoms with Crippen LogP contribution >= 0.6 is 0 Å². The van der Waals surface area contributed by atoms with Gasteiger partial charge in [-0.05, 0) is 24.3 Å². The number of hydrogen-bond acceptors (Lipinski definition) is 9. The Hall–Kier alpha value is -4.86. The van der Waals surface area contributed by atoms with Crippen LogP contribution in [-0.4, -0.2) is 75.2 Å². The minimum atomic E-state index is -0.808. The van der Waals surface area contributed by atoms with E-state index in [0.29, 0.717) is 42.1 Å². The predicted molar refractivity (Wildman–Crippen MR) is 135 cm³/mol. The first-order chi connectivity index (χ1) is 19.3. The van der Waals surface area contributed by atoms with E-state index >= 15 is 4.39 Å². The number of carbonyl (C=O) groups is 3. The highest BCUT2D eigenvalue weighted by molar-refractivity contribution is 5.90. The Balaban J connectivity index is 1.12. The number of ether oxygens (including phenoxy) is 2. The van der Waals surface area contributed by atoms with Crippen molar-refractivity contribution in [3.8, 4) is 17.2 Å². The smallest absolute Gasteiger partial charge is 0.414 e. The fourth-order valence-electron chi connectivity index (χ4n) is 5.76. The molecule has 1 aromatic carbocycles. The van der Waals surface area contributed by atoms with Crippen molar-refractivity contribution in [2.45, 2.75) is 25.0 Å². The quantitative estimate of drug-likeness (QED) is 0.407. The number of esters is 1. The Kier molecular flexibility index (Phi) is 6.17. The molecule has 1 aliphatic carbocycles. The van der Waals surface area contributed by atoms with Crippen molar-refractivity contribution in [3.05, 3.63) is 60.4 Å². The predicted octanol–water partition coefficient (Wildman–Crippen LogP) is 1.92. The lowest BCUT2D eigenvalue weighted by molar-refractivity contribution is -0.150. The lowest BCUT2D eigenvalue weighted by Gasteiger charge is -2.22. The Morgan fingerprint density at radius 1 is 1.23 bits per heavy atom. The van der Waals surface area contributed by atoms with Gasteiger partial charge in [-0.15, -0.1) is 5.10 Å². The van der Waals surface area contributed by atoms with Crippen molar-refractivity contribution >= 4 is 23.7 Å². The Morgan fingerprint density at radius 2 is 2.02 bits per heavy atom. The van der Waals surface area contributed by atoms with Crippen molar-refractivity contribution in [2.75, 3.05) is 31.1 Å². The van der Waals surface area contributed by atoms with Crippen LogP contribution in [0.15, 0.2) is 48.9 Å². The summed E-state index contributed by atoms with van der Waals surface area (Å²) >= 11 is 0. The first-order valence-corrected chi connectivity index (χ1v) is 12.7. The number of anilines is 1. The van der Waals surface area contributed by atoms with Gasteiger partial charge in [0, 0.05) is 55.4 Å². The van der Waals surface area contributed by atoms with Crippen LogP contribution in [0.5, 0.6) is 0 Å². The Bertz CT molecular complexity index is 1510. The third kappa shape index (κ3) is 4.31. The summed E-state index contributed by atoms with van der Waals surface area (Å²) in [5.41, 5.74) is 0.977. The number of hydrogen-bond donors (Lipinski definition) is 0. The summed E-state index contributed by atoms with van der Waals surface area (Å²) in [4.78, 5) is 43.1. The molecule has 2 aliphatic heterocycles. The highest BCUT2D eigenvalue weighted by Gasteiger charge is 2.71. The second-order valence-electron chi connectivity index (χ2n) is 10.1. The number of likely N-dealkylation sites (tertiary alicyclic amines) is 1. The largest absolute Gasteiger partial charge is 0.456 e. The maximum Gasteiger partial charge on any atom is 0.414 e. The van der Waals surface area contributed by atoms with Crippen molar-refractivity contribution in [3.63, 3.8) is 0 Å². The number of fused-ring (bicyclic) bond motifs is 1. The molecule has 3 aromatic rings. The highest BCUT2D eigenvalue weighted by Crippen LogP contribution is 2.62. The van der Waals surface area contributed by atoms with E-state index < -0.39 is 29.4 Å². The molecule has 4 atom stereocenters. The summed E-state index contributed by atoms with van der Waals surface area (Å²) in [7, 11) is 0. The molecule has 0 bridgehead atoms. The number of aromatic nitrogens is 4. The van der Waals surface area contributed by atoms with Gasteiger partial charge in [-0.2, -0.15) is 5.26 Å². The summed E-state index contributed by atoms with van der Waals surface area (Å²) in [5, 5.41) is 17.6. The van der Waals surface area contributed by atoms with Crippen molar-refractivity contribution in [1.29, 1.82) is 5.26 Å². The van der Waals surface area contributed by atoms with Gasteiger partial charge in [0.15, 0.2) is 6.61 Å². The standard InChI is InChI=1S/C27H24FN7O5/c1-16(36)39-14-25(37)33-12-21-22(13-33)27(21,15-29)24-5-2-17(9-30-24)20-4-3-18(8-23(20)28)35-11-19(40-26(35)38)10-34-7-6-31-32-34/h2-9,19,21-22H,10-14H2,1H3/t19-,21-,22+,27+/m0/s1. The second kappa shape index (κ2) is 9.71. The molecule has 1 saturated carbocycles. The molecular weight excluding hydrogens is 521 g/mol. The summed E-state index contributed by atoms with van der Waals surface area (Å²) in [6, 6.07) is 10.3. The maximum atomic E-state index is 15.2. The van der Waals surface area contributed by atoms with Gasteiger partial charge in [0.25, 0.3) is 5.91 Å². The molecule has 40 heavy (non-hydrogen) atoms. The molecule has 204 valence electrons. The number of benzene rings is 1. The number of carbonyl (C=O) groups excluding carboxylic acids is 3. The summed E-state index contributed by atoms with van der Waals surface area (Å²) in [6.45, 7) is 2.29. The van der Waals surface area contributed by atoms with E-state index in [1.165, 1.54) is 30.3 Å². The van der Waals surface area contributed by atoms with E-state index in [9.17, 15) is 19.6 Å². The van der Waals surface area contributed by atoms with Gasteiger partial charge in [-0.3, -0.25) is 19.5 Å². The number of halogens is 1. The number of rotatable bonds is 7. The topological polar surface area (TPSA) is 144 Å². The molecule has 4 heterocycles. The van der Waals surface area contributed by atoms with E-state index in [0.717, 1.165) is 0 Å². The third-order valence-corrected chi connectivity index (χ3v) is 7.82. The van der Waals surface area contributed by atoms with Gasteiger partial charge in [0.2, 0.25) is 0 Å². The zero-order chi connectivity index (χ0) is 28.0. The SMILES string of the molecule is CC(=O)OCC(=O)N1C[C@@H]2[C@H](C1)[C@@]2(C#N)c1ccc(-c2ccc(N3C[C@H](Cn4ccnn4)OC3=O)cc2F)cn1. The van der Waals surface area contributed by atoms with Crippen LogP contribution in [0, 0.1) is 29.0 Å². The average Bonchev–Trinajstić information content (AvgIpc) is 3.45. The normalized spacial score (nSPS) is 24.8. The van der Waals surface area contributed by atoms with Crippen LogP contribution in [0.25, 0.3) is 11.1 Å². The van der Waals surface area contributed by atoms with Crippen LogP contribution in [0.4, 0.5) is 14.9 Å². The first-order valence-electron chi connectivity index (χ1n) is 12.7. The molecule has 3 aliphatic rings. The van der Waals surface area contributed by atoms with E-state index in [1.54, 1.807) is 40.0 Å². The first kappa shape index (κ1) is 25.4. The van der Waals surface area contributed by atoms with E-state index in [-0.39, 0.29) is 30.9 Å². The molecule has 2 amide bonds. The fraction of sp³-hybridized carbons (Fsp3) is 0.370. The van der Waals surface area contributed by atoms with Crippen molar-refractivity contribution < 1.29 is 28.2 Å². The molecule has 13 heteroatoms. The monoisotopic (exact) mass is 545 g/mol. The Labute approximate surface area is 227 Å². The molecule has 6 rings (SSSR count). The number of piperidine rings is 1. The summed E-state index contributed by atoms with van der Waals surface area (Å²) < 4.78 is 26.9. The van der Waals surface area contributed by atoms with Crippen LogP contribution in [-0.2, 0) is 31.0 Å². The number of nitrogens with zero attached hydrogens (tertiary/aromatic N) is 7. The number of amides is 2. The van der Waals surface area contributed by atoms with E-state index in [4.69, 9.17) is 9.47 Å². The fourth-order valence-corrected chi connectivity index (χ4v) is 5.76. The van der Waals surface area contributed by atoms with Gasteiger partial charge in [-0.1, -0.05) is 11.3 Å². The highest BCUT2D eigenvalue weighted by atomic mass is 19.1. The van der Waals surface area contributed by atoms with E-state index in [2.05, 4.69) is 21.4 Å². The maximum absolute atomic E-state index is 15.2. The molecule has 2 aromatic heterocycles. The zero-order valence-corrected chi connectivity index (χ0v) is 21.4. The van der Waals surface area contributed by atoms with Gasteiger partial charge < -0.3 is 14.4 Å². The molecule has 2 saturated heterocycles. The number of pyridine rings is 1. The summed E-state index contributed by atoms with van der Waals surface area (Å²) in [5.74, 6) is -1.47.